The Kier molecular flexibility index (Phi) is 5.04. The zero-order valence-electron chi connectivity index (χ0n) is 13.8. The normalized spacial score (nSPS) is 17.7. The van der Waals surface area contributed by atoms with Gasteiger partial charge in [0.1, 0.15) is 0 Å². The van der Waals surface area contributed by atoms with Crippen LogP contribution in [0.1, 0.15) is 39.2 Å². The third kappa shape index (κ3) is 4.31. The summed E-state index contributed by atoms with van der Waals surface area (Å²) in [7, 11) is 1.96. The molecule has 21 heavy (non-hydrogen) atoms. The summed E-state index contributed by atoms with van der Waals surface area (Å²) in [6.07, 6.45) is 2.15. The minimum absolute atomic E-state index is 0.254. The second kappa shape index (κ2) is 6.61. The van der Waals surface area contributed by atoms with Crippen LogP contribution in [0.2, 0.25) is 0 Å². The van der Waals surface area contributed by atoms with E-state index in [1.807, 2.05) is 32.7 Å². The molecule has 0 bridgehead atoms. The van der Waals surface area contributed by atoms with Gasteiger partial charge in [0, 0.05) is 38.1 Å². The molecule has 1 amide bonds. The molecule has 0 aromatic heterocycles. The number of hydrogen-bond acceptors (Lipinski definition) is 2. The first-order chi connectivity index (χ1) is 9.88. The van der Waals surface area contributed by atoms with Crippen molar-refractivity contribution in [3.05, 3.63) is 35.9 Å². The Balaban J connectivity index is 1.84. The molecular formula is C18H28N2O. The summed E-state index contributed by atoms with van der Waals surface area (Å²) in [5.74, 6) is 0.254. The number of carbonyl (C=O) groups is 1. The maximum atomic E-state index is 12.3. The Labute approximate surface area is 128 Å². The Morgan fingerprint density at radius 3 is 2.29 bits per heavy atom. The number of hydrogen-bond donors (Lipinski definition) is 0. The van der Waals surface area contributed by atoms with Gasteiger partial charge in [-0.15, -0.1) is 0 Å². The quantitative estimate of drug-likeness (QED) is 0.853. The van der Waals surface area contributed by atoms with E-state index >= 15 is 0 Å². The van der Waals surface area contributed by atoms with E-state index < -0.39 is 0 Å². The number of nitrogens with zero attached hydrogens (tertiary/aromatic N) is 2. The first-order valence-corrected chi connectivity index (χ1v) is 7.91. The molecular weight excluding hydrogens is 260 g/mol. The van der Waals surface area contributed by atoms with Crippen LogP contribution in [-0.2, 0) is 11.3 Å². The third-order valence-corrected chi connectivity index (χ3v) is 4.32. The zero-order valence-corrected chi connectivity index (χ0v) is 13.8. The van der Waals surface area contributed by atoms with E-state index in [0.29, 0.717) is 6.04 Å². The van der Waals surface area contributed by atoms with E-state index in [2.05, 4.69) is 35.2 Å². The van der Waals surface area contributed by atoms with E-state index in [-0.39, 0.29) is 11.3 Å². The Morgan fingerprint density at radius 2 is 1.76 bits per heavy atom. The van der Waals surface area contributed by atoms with Crippen molar-refractivity contribution in [3.63, 3.8) is 0 Å². The molecule has 3 nitrogen and oxygen atoms in total. The fourth-order valence-corrected chi connectivity index (χ4v) is 3.00. The van der Waals surface area contributed by atoms with Crippen molar-refractivity contribution in [2.75, 3.05) is 20.1 Å². The van der Waals surface area contributed by atoms with Crippen molar-refractivity contribution in [2.24, 2.45) is 5.41 Å². The standard InChI is InChI=1S/C18H28N2O/c1-18(2,3)17(21)19(4)16-10-12-20(13-11-16)14-15-8-6-5-7-9-15/h5-9,16H,10-14H2,1-4H3. The molecule has 0 aliphatic carbocycles. The van der Waals surface area contributed by atoms with Crippen LogP contribution >= 0.6 is 0 Å². The van der Waals surface area contributed by atoms with Crippen LogP contribution in [0.5, 0.6) is 0 Å². The molecule has 0 radical (unpaired) electrons. The Bertz CT molecular complexity index is 456. The molecule has 1 saturated heterocycles. The minimum atomic E-state index is -0.282. The van der Waals surface area contributed by atoms with Crippen LogP contribution in [0, 0.1) is 5.41 Å². The van der Waals surface area contributed by atoms with Crippen molar-refractivity contribution >= 4 is 5.91 Å². The van der Waals surface area contributed by atoms with Gasteiger partial charge in [-0.1, -0.05) is 51.1 Å². The molecule has 1 aliphatic rings. The SMILES string of the molecule is CN(C(=O)C(C)(C)C)C1CCN(Cc2ccccc2)CC1. The molecule has 1 aromatic rings. The number of rotatable bonds is 3. The molecule has 2 rings (SSSR count). The molecule has 0 spiro atoms. The highest BCUT2D eigenvalue weighted by molar-refractivity contribution is 5.81. The first kappa shape index (κ1) is 16.0. The van der Waals surface area contributed by atoms with Crippen LogP contribution in [0.3, 0.4) is 0 Å². The predicted molar refractivity (Wildman–Crippen MR) is 87.0 cm³/mol. The van der Waals surface area contributed by atoms with Gasteiger partial charge in [-0.3, -0.25) is 9.69 Å². The summed E-state index contributed by atoms with van der Waals surface area (Å²) in [5, 5.41) is 0. The van der Waals surface area contributed by atoms with Gasteiger partial charge in [0.15, 0.2) is 0 Å². The van der Waals surface area contributed by atoms with E-state index in [4.69, 9.17) is 0 Å². The summed E-state index contributed by atoms with van der Waals surface area (Å²) in [6, 6.07) is 11.0. The van der Waals surface area contributed by atoms with E-state index in [0.717, 1.165) is 32.5 Å². The van der Waals surface area contributed by atoms with Gasteiger partial charge >= 0.3 is 0 Å². The molecule has 1 aliphatic heterocycles. The molecule has 0 N–H and O–H groups in total. The fourth-order valence-electron chi connectivity index (χ4n) is 3.00. The maximum absolute atomic E-state index is 12.3. The summed E-state index contributed by atoms with van der Waals surface area (Å²) in [6.45, 7) is 9.15. The molecule has 0 atom stereocenters. The highest BCUT2D eigenvalue weighted by atomic mass is 16.2. The summed E-state index contributed by atoms with van der Waals surface area (Å²) >= 11 is 0. The molecule has 1 aromatic carbocycles. The number of amides is 1. The largest absolute Gasteiger partial charge is 0.342 e. The smallest absolute Gasteiger partial charge is 0.227 e. The molecule has 0 unspecified atom stereocenters. The topological polar surface area (TPSA) is 23.6 Å². The molecule has 116 valence electrons. The summed E-state index contributed by atoms with van der Waals surface area (Å²) < 4.78 is 0. The fraction of sp³-hybridized carbons (Fsp3) is 0.611. The van der Waals surface area contributed by atoms with Gasteiger partial charge in [0.25, 0.3) is 0 Å². The average Bonchev–Trinajstić information content (AvgIpc) is 2.46. The second-order valence-corrected chi connectivity index (χ2v) is 7.16. The lowest BCUT2D eigenvalue weighted by atomic mass is 9.92. The van der Waals surface area contributed by atoms with Gasteiger partial charge in [0.2, 0.25) is 5.91 Å². The monoisotopic (exact) mass is 288 g/mol. The van der Waals surface area contributed by atoms with Crippen molar-refractivity contribution in [1.82, 2.24) is 9.80 Å². The lowest BCUT2D eigenvalue weighted by Gasteiger charge is -2.39. The van der Waals surface area contributed by atoms with E-state index in [1.165, 1.54) is 5.56 Å². The zero-order chi connectivity index (χ0) is 15.5. The predicted octanol–water partition coefficient (Wildman–Crippen LogP) is 3.16. The molecule has 1 heterocycles. The number of piperidine rings is 1. The van der Waals surface area contributed by atoms with Gasteiger partial charge in [-0.25, -0.2) is 0 Å². The summed E-state index contributed by atoms with van der Waals surface area (Å²) in [5.41, 5.74) is 1.09. The molecule has 3 heteroatoms. The minimum Gasteiger partial charge on any atom is -0.342 e. The number of benzene rings is 1. The van der Waals surface area contributed by atoms with Crippen molar-refractivity contribution in [3.8, 4) is 0 Å². The van der Waals surface area contributed by atoms with Crippen LogP contribution in [0.15, 0.2) is 30.3 Å². The molecule has 1 fully saturated rings. The highest BCUT2D eigenvalue weighted by Gasteiger charge is 2.31. The van der Waals surface area contributed by atoms with Crippen LogP contribution in [0.25, 0.3) is 0 Å². The van der Waals surface area contributed by atoms with Crippen LogP contribution < -0.4 is 0 Å². The first-order valence-electron chi connectivity index (χ1n) is 7.91. The van der Waals surface area contributed by atoms with Gasteiger partial charge < -0.3 is 4.90 Å². The lowest BCUT2D eigenvalue weighted by Crippen LogP contribution is -2.48. The second-order valence-electron chi connectivity index (χ2n) is 7.16. The van der Waals surface area contributed by atoms with Gasteiger partial charge in [0.05, 0.1) is 0 Å². The van der Waals surface area contributed by atoms with Crippen molar-refractivity contribution in [1.29, 1.82) is 0 Å². The number of likely N-dealkylation sites (tertiary alicyclic amines) is 1. The van der Waals surface area contributed by atoms with Crippen molar-refractivity contribution < 1.29 is 4.79 Å². The van der Waals surface area contributed by atoms with E-state index in [1.54, 1.807) is 0 Å². The van der Waals surface area contributed by atoms with Gasteiger partial charge in [-0.2, -0.15) is 0 Å². The lowest BCUT2D eigenvalue weighted by molar-refractivity contribution is -0.141. The van der Waals surface area contributed by atoms with Crippen LogP contribution in [-0.4, -0.2) is 41.9 Å². The van der Waals surface area contributed by atoms with E-state index in [9.17, 15) is 4.79 Å². The Hall–Kier alpha value is -1.35. The Morgan fingerprint density at radius 1 is 1.19 bits per heavy atom. The van der Waals surface area contributed by atoms with Crippen molar-refractivity contribution in [2.45, 2.75) is 46.2 Å². The maximum Gasteiger partial charge on any atom is 0.227 e. The number of carbonyl (C=O) groups excluding carboxylic acids is 1. The highest BCUT2D eigenvalue weighted by Crippen LogP contribution is 2.23. The molecule has 0 saturated carbocycles. The van der Waals surface area contributed by atoms with Gasteiger partial charge in [-0.05, 0) is 18.4 Å². The average molecular weight is 288 g/mol. The van der Waals surface area contributed by atoms with Crippen LogP contribution in [0.4, 0.5) is 0 Å². The third-order valence-electron chi connectivity index (χ3n) is 4.32. The summed E-state index contributed by atoms with van der Waals surface area (Å²) in [4.78, 5) is 16.8.